The van der Waals surface area contributed by atoms with Crippen molar-refractivity contribution in [1.29, 1.82) is 0 Å². The maximum Gasteiger partial charge on any atom is 0.191 e. The second-order valence-corrected chi connectivity index (χ2v) is 6.83. The van der Waals surface area contributed by atoms with Crippen LogP contribution in [-0.4, -0.2) is 56.5 Å². The lowest BCUT2D eigenvalue weighted by molar-refractivity contribution is 0.0424. The molecule has 1 aromatic rings. The predicted octanol–water partition coefficient (Wildman–Crippen LogP) is 1.74. The normalized spacial score (nSPS) is 18.3. The molecule has 0 bridgehead atoms. The summed E-state index contributed by atoms with van der Waals surface area (Å²) in [6.07, 6.45) is 5.08. The van der Waals surface area contributed by atoms with Gasteiger partial charge in [0.15, 0.2) is 5.96 Å². The lowest BCUT2D eigenvalue weighted by Gasteiger charge is -2.11. The van der Waals surface area contributed by atoms with E-state index in [9.17, 15) is 0 Å². The molecule has 1 unspecified atom stereocenters. The standard InChI is InChI=1S/C16H28N4O2S/c1-3-17-16(19-8-5-15-20-11-13(2)23-15)18-7-4-9-22-14-6-10-21-12-14/h11,14H,3-10,12H2,1-2H3,(H2,17,18,19). The van der Waals surface area contributed by atoms with E-state index in [1.165, 1.54) is 4.88 Å². The zero-order chi connectivity index (χ0) is 16.3. The van der Waals surface area contributed by atoms with E-state index >= 15 is 0 Å². The van der Waals surface area contributed by atoms with E-state index in [-0.39, 0.29) is 6.10 Å². The Hall–Kier alpha value is -1.18. The number of thiazole rings is 1. The van der Waals surface area contributed by atoms with E-state index in [2.05, 4.69) is 34.5 Å². The van der Waals surface area contributed by atoms with Crippen molar-refractivity contribution < 1.29 is 9.47 Å². The van der Waals surface area contributed by atoms with Gasteiger partial charge in [0.1, 0.15) is 0 Å². The monoisotopic (exact) mass is 340 g/mol. The van der Waals surface area contributed by atoms with Gasteiger partial charge in [0.25, 0.3) is 0 Å². The smallest absolute Gasteiger partial charge is 0.191 e. The third-order valence-electron chi connectivity index (χ3n) is 3.46. The maximum absolute atomic E-state index is 5.74. The van der Waals surface area contributed by atoms with Gasteiger partial charge in [-0.3, -0.25) is 4.99 Å². The third kappa shape index (κ3) is 7.28. The molecule has 0 aliphatic carbocycles. The number of hydrogen-bond acceptors (Lipinski definition) is 5. The molecule has 2 heterocycles. The predicted molar refractivity (Wildman–Crippen MR) is 94.3 cm³/mol. The summed E-state index contributed by atoms with van der Waals surface area (Å²) in [5.74, 6) is 0.866. The Morgan fingerprint density at radius 1 is 1.52 bits per heavy atom. The Balaban J connectivity index is 1.60. The molecule has 1 fully saturated rings. The minimum absolute atomic E-state index is 0.284. The zero-order valence-corrected chi connectivity index (χ0v) is 15.0. The van der Waals surface area contributed by atoms with Crippen molar-refractivity contribution in [3.63, 3.8) is 0 Å². The number of guanidine groups is 1. The summed E-state index contributed by atoms with van der Waals surface area (Å²) in [5, 5.41) is 7.79. The number of aromatic nitrogens is 1. The van der Waals surface area contributed by atoms with Gasteiger partial charge in [0.05, 0.1) is 17.7 Å². The highest BCUT2D eigenvalue weighted by Gasteiger charge is 2.15. The van der Waals surface area contributed by atoms with Crippen LogP contribution in [0.1, 0.15) is 29.7 Å². The second kappa shape index (κ2) is 10.6. The molecule has 1 aliphatic rings. The zero-order valence-electron chi connectivity index (χ0n) is 14.1. The fraction of sp³-hybridized carbons (Fsp3) is 0.750. The van der Waals surface area contributed by atoms with Crippen molar-refractivity contribution in [2.45, 2.75) is 39.2 Å². The number of ether oxygens (including phenoxy) is 2. The number of rotatable bonds is 9. The second-order valence-electron chi connectivity index (χ2n) is 5.51. The molecule has 6 nitrogen and oxygen atoms in total. The van der Waals surface area contributed by atoms with Crippen LogP contribution in [0.4, 0.5) is 0 Å². The van der Waals surface area contributed by atoms with Crippen LogP contribution in [0.3, 0.4) is 0 Å². The van der Waals surface area contributed by atoms with E-state index in [4.69, 9.17) is 9.47 Å². The first-order valence-electron chi connectivity index (χ1n) is 8.40. The molecule has 0 aromatic carbocycles. The van der Waals surface area contributed by atoms with E-state index in [0.29, 0.717) is 0 Å². The molecule has 0 spiro atoms. The summed E-state index contributed by atoms with van der Waals surface area (Å²) < 4.78 is 11.0. The molecule has 130 valence electrons. The van der Waals surface area contributed by atoms with Gasteiger partial charge in [-0.25, -0.2) is 4.98 Å². The van der Waals surface area contributed by atoms with Crippen LogP contribution in [0.15, 0.2) is 11.2 Å². The van der Waals surface area contributed by atoms with Gasteiger partial charge in [-0.2, -0.15) is 0 Å². The van der Waals surface area contributed by atoms with Crippen molar-refractivity contribution >= 4 is 17.3 Å². The molecule has 7 heteroatoms. The molecule has 0 saturated carbocycles. The van der Waals surface area contributed by atoms with Gasteiger partial charge in [0, 0.05) is 50.3 Å². The maximum atomic E-state index is 5.74. The molecular formula is C16H28N4O2S. The van der Waals surface area contributed by atoms with Crippen LogP contribution in [0.5, 0.6) is 0 Å². The molecular weight excluding hydrogens is 312 g/mol. The Morgan fingerprint density at radius 3 is 3.13 bits per heavy atom. The molecule has 23 heavy (non-hydrogen) atoms. The number of nitrogens with one attached hydrogen (secondary N) is 2. The lowest BCUT2D eigenvalue weighted by Crippen LogP contribution is -2.38. The van der Waals surface area contributed by atoms with Gasteiger partial charge in [-0.05, 0) is 26.7 Å². The quantitative estimate of drug-likeness (QED) is 0.407. The molecule has 1 atom stereocenters. The van der Waals surface area contributed by atoms with Gasteiger partial charge >= 0.3 is 0 Å². The molecule has 0 amide bonds. The van der Waals surface area contributed by atoms with Crippen molar-refractivity contribution in [1.82, 2.24) is 15.6 Å². The highest BCUT2D eigenvalue weighted by atomic mass is 32.1. The first-order valence-corrected chi connectivity index (χ1v) is 9.22. The van der Waals surface area contributed by atoms with Gasteiger partial charge in [-0.1, -0.05) is 0 Å². The van der Waals surface area contributed by atoms with Crippen molar-refractivity contribution in [2.75, 3.05) is 39.5 Å². The Morgan fingerprint density at radius 2 is 2.43 bits per heavy atom. The van der Waals surface area contributed by atoms with Crippen molar-refractivity contribution in [3.05, 3.63) is 16.1 Å². The first-order chi connectivity index (χ1) is 11.3. The molecule has 1 aliphatic heterocycles. The topological polar surface area (TPSA) is 67.8 Å². The van der Waals surface area contributed by atoms with E-state index in [1.54, 1.807) is 11.3 Å². The SMILES string of the molecule is CCNC(=NCCCOC1CCOC1)NCCc1ncc(C)s1. The van der Waals surface area contributed by atoms with Gasteiger partial charge in [0.2, 0.25) is 0 Å². The van der Waals surface area contributed by atoms with E-state index < -0.39 is 0 Å². The highest BCUT2D eigenvalue weighted by molar-refractivity contribution is 7.11. The van der Waals surface area contributed by atoms with Crippen LogP contribution < -0.4 is 10.6 Å². The average Bonchev–Trinajstić information content (AvgIpc) is 3.19. The van der Waals surface area contributed by atoms with Crippen molar-refractivity contribution in [3.8, 4) is 0 Å². The van der Waals surface area contributed by atoms with Crippen LogP contribution in [0, 0.1) is 6.92 Å². The van der Waals surface area contributed by atoms with E-state index in [1.807, 2.05) is 6.20 Å². The number of nitrogens with zero attached hydrogens (tertiary/aromatic N) is 2. The summed E-state index contributed by atoms with van der Waals surface area (Å²) in [6.45, 7) is 8.94. The molecule has 1 aromatic heterocycles. The molecule has 1 saturated heterocycles. The average molecular weight is 340 g/mol. The van der Waals surface area contributed by atoms with Crippen molar-refractivity contribution in [2.24, 2.45) is 4.99 Å². The molecule has 2 N–H and O–H groups in total. The van der Waals surface area contributed by atoms with Gasteiger partial charge in [-0.15, -0.1) is 11.3 Å². The lowest BCUT2D eigenvalue weighted by atomic mass is 10.3. The third-order valence-corrected chi connectivity index (χ3v) is 4.43. The molecule has 2 rings (SSSR count). The largest absolute Gasteiger partial charge is 0.379 e. The fourth-order valence-corrected chi connectivity index (χ4v) is 3.08. The Bertz CT molecular complexity index is 472. The summed E-state index contributed by atoms with van der Waals surface area (Å²) in [6, 6.07) is 0. The van der Waals surface area contributed by atoms with Crippen LogP contribution in [0.2, 0.25) is 0 Å². The summed E-state index contributed by atoms with van der Waals surface area (Å²) in [5.41, 5.74) is 0. The minimum Gasteiger partial charge on any atom is -0.379 e. The Labute approximate surface area is 142 Å². The van der Waals surface area contributed by atoms with E-state index in [0.717, 1.165) is 69.7 Å². The minimum atomic E-state index is 0.284. The first kappa shape index (κ1) is 18.2. The number of aliphatic imine (C=N–C) groups is 1. The summed E-state index contributed by atoms with van der Waals surface area (Å²) >= 11 is 1.75. The number of aryl methyl sites for hydroxylation is 1. The Kier molecular flexibility index (Phi) is 8.35. The van der Waals surface area contributed by atoms with Crippen LogP contribution >= 0.6 is 11.3 Å². The van der Waals surface area contributed by atoms with Crippen LogP contribution in [-0.2, 0) is 15.9 Å². The summed E-state index contributed by atoms with van der Waals surface area (Å²) in [4.78, 5) is 10.2. The highest BCUT2D eigenvalue weighted by Crippen LogP contribution is 2.11. The number of hydrogen-bond donors (Lipinski definition) is 2. The van der Waals surface area contributed by atoms with Crippen LogP contribution in [0.25, 0.3) is 0 Å². The summed E-state index contributed by atoms with van der Waals surface area (Å²) in [7, 11) is 0. The van der Waals surface area contributed by atoms with Gasteiger partial charge < -0.3 is 20.1 Å². The molecule has 0 radical (unpaired) electrons. The fourth-order valence-electron chi connectivity index (χ4n) is 2.30.